The Bertz CT molecular complexity index is 385. The first-order valence-corrected chi connectivity index (χ1v) is 6.52. The number of aryl methyl sites for hydroxylation is 2. The second kappa shape index (κ2) is 5.75. The van der Waals surface area contributed by atoms with Crippen LogP contribution in [0.15, 0.2) is 4.47 Å². The van der Waals surface area contributed by atoms with Crippen LogP contribution >= 0.6 is 28.1 Å². The first kappa shape index (κ1) is 12.8. The number of H-pyrrole nitrogens is 1. The van der Waals surface area contributed by atoms with Crippen molar-refractivity contribution in [2.24, 2.45) is 5.92 Å². The molecule has 1 rings (SSSR count). The van der Waals surface area contributed by atoms with E-state index in [1.165, 1.54) is 0 Å². The zero-order valence-corrected chi connectivity index (χ0v) is 11.8. The Morgan fingerprint density at radius 1 is 1.47 bits per heavy atom. The van der Waals surface area contributed by atoms with Crippen LogP contribution in [-0.4, -0.2) is 9.97 Å². The van der Waals surface area contributed by atoms with E-state index in [-0.39, 0.29) is 0 Å². The van der Waals surface area contributed by atoms with Crippen LogP contribution < -0.4 is 0 Å². The third kappa shape index (κ3) is 3.68. The second-order valence-electron chi connectivity index (χ2n) is 4.07. The molecule has 1 aromatic rings. The second-order valence-corrected chi connectivity index (χ2v) is 5.25. The molecule has 1 aromatic heterocycles. The summed E-state index contributed by atoms with van der Waals surface area (Å²) in [6.07, 6.45) is 3.06. The number of rotatable bonds is 4. The molecule has 84 valence electrons. The Labute approximate surface area is 105 Å². The molecule has 0 amide bonds. The van der Waals surface area contributed by atoms with Crippen LogP contribution in [0.4, 0.5) is 0 Å². The van der Waals surface area contributed by atoms with E-state index in [4.69, 9.17) is 12.2 Å². The average molecular weight is 289 g/mol. The highest BCUT2D eigenvalue weighted by atomic mass is 79.9. The molecule has 15 heavy (non-hydrogen) atoms. The molecule has 4 heteroatoms. The number of halogens is 1. The summed E-state index contributed by atoms with van der Waals surface area (Å²) in [7, 11) is 0. The highest BCUT2D eigenvalue weighted by molar-refractivity contribution is 9.10. The van der Waals surface area contributed by atoms with Crippen LogP contribution in [0, 0.1) is 10.6 Å². The SMILES string of the molecule is CCc1[nH]c(CCC(C)C)nc(=S)c1Br. The molecule has 0 atom stereocenters. The van der Waals surface area contributed by atoms with Gasteiger partial charge in [0.2, 0.25) is 0 Å². The minimum absolute atomic E-state index is 0.671. The maximum atomic E-state index is 5.20. The predicted octanol–water partition coefficient (Wildman–Crippen LogP) is 4.05. The van der Waals surface area contributed by atoms with Gasteiger partial charge in [-0.25, -0.2) is 4.98 Å². The lowest BCUT2D eigenvalue weighted by Crippen LogP contribution is -2.02. The van der Waals surface area contributed by atoms with E-state index in [0.717, 1.165) is 35.3 Å². The predicted molar refractivity (Wildman–Crippen MR) is 69.7 cm³/mol. The zero-order chi connectivity index (χ0) is 11.4. The molecule has 0 saturated carbocycles. The monoisotopic (exact) mass is 288 g/mol. The third-order valence-electron chi connectivity index (χ3n) is 2.30. The van der Waals surface area contributed by atoms with E-state index < -0.39 is 0 Å². The first-order valence-electron chi connectivity index (χ1n) is 5.32. The minimum Gasteiger partial charge on any atom is -0.346 e. The fourth-order valence-electron chi connectivity index (χ4n) is 1.35. The van der Waals surface area contributed by atoms with E-state index in [1.54, 1.807) is 0 Å². The van der Waals surface area contributed by atoms with Crippen LogP contribution in [0.25, 0.3) is 0 Å². The summed E-state index contributed by atoms with van der Waals surface area (Å²) in [5.74, 6) is 1.70. The lowest BCUT2D eigenvalue weighted by molar-refractivity contribution is 0.572. The third-order valence-corrected chi connectivity index (χ3v) is 3.71. The van der Waals surface area contributed by atoms with Gasteiger partial charge >= 0.3 is 0 Å². The number of aromatic nitrogens is 2. The summed E-state index contributed by atoms with van der Waals surface area (Å²) >= 11 is 8.65. The quantitative estimate of drug-likeness (QED) is 0.847. The molecule has 0 unspecified atom stereocenters. The maximum absolute atomic E-state index is 5.20. The molecule has 0 fully saturated rings. The van der Waals surface area contributed by atoms with Crippen molar-refractivity contribution in [1.82, 2.24) is 9.97 Å². The van der Waals surface area contributed by atoms with E-state index >= 15 is 0 Å². The summed E-state index contributed by atoms with van der Waals surface area (Å²) in [5.41, 5.74) is 1.15. The topological polar surface area (TPSA) is 28.7 Å². The van der Waals surface area contributed by atoms with Crippen molar-refractivity contribution in [1.29, 1.82) is 0 Å². The number of nitrogens with one attached hydrogen (secondary N) is 1. The van der Waals surface area contributed by atoms with Gasteiger partial charge in [0.1, 0.15) is 10.5 Å². The lowest BCUT2D eigenvalue weighted by atomic mass is 10.1. The fourth-order valence-corrected chi connectivity index (χ4v) is 2.05. The molecule has 0 aromatic carbocycles. The Morgan fingerprint density at radius 3 is 2.67 bits per heavy atom. The molecule has 1 N–H and O–H groups in total. The number of nitrogens with zero attached hydrogens (tertiary/aromatic N) is 1. The van der Waals surface area contributed by atoms with Gasteiger partial charge in [-0.05, 0) is 34.7 Å². The summed E-state index contributed by atoms with van der Waals surface area (Å²) in [6.45, 7) is 6.54. The molecule has 0 radical (unpaired) electrons. The number of aromatic amines is 1. The average Bonchev–Trinajstić information content (AvgIpc) is 2.19. The van der Waals surface area contributed by atoms with E-state index in [9.17, 15) is 0 Å². The molecule has 1 heterocycles. The molecule has 0 spiro atoms. The Morgan fingerprint density at radius 2 is 2.13 bits per heavy atom. The van der Waals surface area contributed by atoms with Gasteiger partial charge in [0, 0.05) is 12.1 Å². The molecule has 0 aliphatic carbocycles. The van der Waals surface area contributed by atoms with Crippen molar-refractivity contribution in [3.05, 3.63) is 20.6 Å². The van der Waals surface area contributed by atoms with Gasteiger partial charge in [-0.3, -0.25) is 0 Å². The molecule has 0 aliphatic heterocycles. The zero-order valence-electron chi connectivity index (χ0n) is 9.43. The lowest BCUT2D eigenvalue weighted by Gasteiger charge is -2.08. The van der Waals surface area contributed by atoms with Gasteiger partial charge in [-0.15, -0.1) is 0 Å². The van der Waals surface area contributed by atoms with Crippen molar-refractivity contribution >= 4 is 28.1 Å². The van der Waals surface area contributed by atoms with Crippen molar-refractivity contribution in [2.75, 3.05) is 0 Å². The Balaban J connectivity index is 2.91. The van der Waals surface area contributed by atoms with E-state index in [1.807, 2.05) is 0 Å². The number of hydrogen-bond acceptors (Lipinski definition) is 2. The van der Waals surface area contributed by atoms with Crippen molar-refractivity contribution < 1.29 is 0 Å². The molecule has 0 bridgehead atoms. The highest BCUT2D eigenvalue weighted by Crippen LogP contribution is 2.17. The van der Waals surface area contributed by atoms with Gasteiger partial charge in [0.15, 0.2) is 0 Å². The molecule has 0 saturated heterocycles. The van der Waals surface area contributed by atoms with Gasteiger partial charge in [-0.1, -0.05) is 33.0 Å². The minimum atomic E-state index is 0.671. The molecular weight excluding hydrogens is 272 g/mol. The number of hydrogen-bond donors (Lipinski definition) is 1. The Hall–Kier alpha value is -0.220. The van der Waals surface area contributed by atoms with Gasteiger partial charge in [-0.2, -0.15) is 0 Å². The van der Waals surface area contributed by atoms with Gasteiger partial charge < -0.3 is 4.98 Å². The van der Waals surface area contributed by atoms with Gasteiger partial charge in [0.05, 0.1) is 4.47 Å². The summed E-state index contributed by atoms with van der Waals surface area (Å²) < 4.78 is 1.61. The molecule has 0 aliphatic rings. The van der Waals surface area contributed by atoms with Crippen LogP contribution in [-0.2, 0) is 12.8 Å². The maximum Gasteiger partial charge on any atom is 0.144 e. The molecular formula is C11H17BrN2S. The molecule has 2 nitrogen and oxygen atoms in total. The standard InChI is InChI=1S/C11H17BrN2S/c1-4-8-10(12)11(15)14-9(13-8)6-5-7(2)3/h7H,4-6H2,1-3H3,(H,13,14,15). The highest BCUT2D eigenvalue weighted by Gasteiger charge is 2.05. The fraction of sp³-hybridized carbons (Fsp3) is 0.636. The normalized spacial score (nSPS) is 11.0. The largest absolute Gasteiger partial charge is 0.346 e. The van der Waals surface area contributed by atoms with Gasteiger partial charge in [0.25, 0.3) is 0 Å². The van der Waals surface area contributed by atoms with E-state index in [2.05, 4.69) is 46.7 Å². The Kier molecular flexibility index (Phi) is 4.93. The van der Waals surface area contributed by atoms with E-state index in [0.29, 0.717) is 10.6 Å². The van der Waals surface area contributed by atoms with Crippen molar-refractivity contribution in [3.63, 3.8) is 0 Å². The van der Waals surface area contributed by atoms with Crippen LogP contribution in [0.1, 0.15) is 38.7 Å². The summed E-state index contributed by atoms with van der Waals surface area (Å²) in [5, 5.41) is 0. The first-order chi connectivity index (χ1) is 7.04. The van der Waals surface area contributed by atoms with Crippen LogP contribution in [0.2, 0.25) is 0 Å². The van der Waals surface area contributed by atoms with Crippen molar-refractivity contribution in [2.45, 2.75) is 40.0 Å². The van der Waals surface area contributed by atoms with Crippen LogP contribution in [0.3, 0.4) is 0 Å². The summed E-state index contributed by atoms with van der Waals surface area (Å²) in [4.78, 5) is 7.70. The smallest absolute Gasteiger partial charge is 0.144 e. The van der Waals surface area contributed by atoms with Crippen LogP contribution in [0.5, 0.6) is 0 Å². The summed E-state index contributed by atoms with van der Waals surface area (Å²) in [6, 6.07) is 0. The van der Waals surface area contributed by atoms with Crippen molar-refractivity contribution in [3.8, 4) is 0 Å².